The van der Waals surface area contributed by atoms with Crippen molar-refractivity contribution in [2.75, 3.05) is 50.7 Å². The molecule has 0 bridgehead atoms. The molecule has 0 radical (unpaired) electrons. The van der Waals surface area contributed by atoms with Crippen molar-refractivity contribution in [3.8, 4) is 0 Å². The Morgan fingerprint density at radius 1 is 1.17 bits per heavy atom. The first-order chi connectivity index (χ1) is 14.4. The minimum absolute atomic E-state index is 0.176. The normalized spacial score (nSPS) is 17.9. The van der Waals surface area contributed by atoms with Crippen LogP contribution in [0.4, 0.5) is 5.13 Å². The number of fused-ring (bicyclic) bond motifs is 1. The van der Waals surface area contributed by atoms with Gasteiger partial charge in [0.25, 0.3) is 0 Å². The van der Waals surface area contributed by atoms with Crippen LogP contribution in [-0.4, -0.2) is 78.3 Å². The minimum atomic E-state index is -0.293. The summed E-state index contributed by atoms with van der Waals surface area (Å²) in [6, 6.07) is 3.92. The molecule has 1 N–H and O–H groups in total. The average molecular weight is 450 g/mol. The number of hydrogen-bond acceptors (Lipinski definition) is 7. The molecule has 0 spiro atoms. The molecule has 3 heterocycles. The first kappa shape index (κ1) is 21.0. The lowest BCUT2D eigenvalue weighted by Crippen LogP contribution is -2.49. The predicted molar refractivity (Wildman–Crippen MR) is 117 cm³/mol. The quantitative estimate of drug-likeness (QED) is 0.675. The molecule has 10 heteroatoms. The molecule has 2 saturated heterocycles. The molecule has 8 nitrogen and oxygen atoms in total. The maximum atomic E-state index is 12.0. The second-order valence-corrected chi connectivity index (χ2v) is 8.98. The number of anilines is 1. The van der Waals surface area contributed by atoms with Crippen molar-refractivity contribution < 1.29 is 14.4 Å². The molecule has 0 atom stereocenters. The number of thiazole rings is 1. The number of imide groups is 1. The molecule has 1 aromatic heterocycles. The molecule has 30 heavy (non-hydrogen) atoms. The summed E-state index contributed by atoms with van der Waals surface area (Å²) in [6.07, 6.45) is 0.410. The fourth-order valence-electron chi connectivity index (χ4n) is 3.74. The molecular formula is C20H24ClN5O3S. The maximum absolute atomic E-state index is 12.0. The Hall–Kier alpha value is -2.23. The molecule has 4 rings (SSSR count). The number of halogens is 1. The number of likely N-dealkylation sites (tertiary alicyclic amines) is 1. The number of aromatic nitrogens is 1. The Balaban J connectivity index is 1.23. The highest BCUT2D eigenvalue weighted by atomic mass is 35.5. The van der Waals surface area contributed by atoms with Crippen LogP contribution in [0, 0.1) is 6.92 Å². The van der Waals surface area contributed by atoms with E-state index in [4.69, 9.17) is 16.6 Å². The van der Waals surface area contributed by atoms with E-state index in [-0.39, 0.29) is 37.1 Å². The van der Waals surface area contributed by atoms with Gasteiger partial charge in [-0.05, 0) is 18.6 Å². The zero-order chi connectivity index (χ0) is 21.3. The monoisotopic (exact) mass is 449 g/mol. The second-order valence-electron chi connectivity index (χ2n) is 7.59. The van der Waals surface area contributed by atoms with Gasteiger partial charge in [0.15, 0.2) is 5.13 Å². The van der Waals surface area contributed by atoms with Gasteiger partial charge in [0.1, 0.15) is 6.54 Å². The van der Waals surface area contributed by atoms with E-state index in [1.807, 2.05) is 19.1 Å². The first-order valence-corrected chi connectivity index (χ1v) is 11.2. The van der Waals surface area contributed by atoms with Crippen LogP contribution in [0.25, 0.3) is 10.2 Å². The summed E-state index contributed by atoms with van der Waals surface area (Å²) in [7, 11) is 0. The van der Waals surface area contributed by atoms with Gasteiger partial charge in [-0.15, -0.1) is 0 Å². The number of nitrogens with one attached hydrogen (secondary N) is 1. The largest absolute Gasteiger partial charge is 0.353 e. The number of rotatable bonds is 6. The number of carbonyl (C=O) groups excluding carboxylic acids is 3. The van der Waals surface area contributed by atoms with Gasteiger partial charge in [0.05, 0.1) is 15.2 Å². The average Bonchev–Trinajstić information content (AvgIpc) is 3.32. The number of hydrogen-bond donors (Lipinski definition) is 1. The van der Waals surface area contributed by atoms with Crippen LogP contribution in [0.15, 0.2) is 12.1 Å². The lowest BCUT2D eigenvalue weighted by molar-refractivity contribution is -0.142. The number of amides is 3. The van der Waals surface area contributed by atoms with E-state index in [0.717, 1.165) is 63.6 Å². The van der Waals surface area contributed by atoms with E-state index in [2.05, 4.69) is 15.1 Å². The van der Waals surface area contributed by atoms with Crippen molar-refractivity contribution in [1.29, 1.82) is 0 Å². The maximum Gasteiger partial charge on any atom is 0.240 e. The van der Waals surface area contributed by atoms with Gasteiger partial charge >= 0.3 is 0 Å². The van der Waals surface area contributed by atoms with Crippen LogP contribution >= 0.6 is 22.9 Å². The third-order valence-electron chi connectivity index (χ3n) is 5.54. The van der Waals surface area contributed by atoms with Gasteiger partial charge in [-0.1, -0.05) is 29.0 Å². The molecule has 0 aliphatic carbocycles. The fraction of sp³-hybridized carbons (Fsp3) is 0.500. The number of piperazine rings is 1. The summed E-state index contributed by atoms with van der Waals surface area (Å²) in [5, 5.41) is 4.54. The van der Waals surface area contributed by atoms with Crippen LogP contribution in [0.1, 0.15) is 18.4 Å². The van der Waals surface area contributed by atoms with E-state index in [9.17, 15) is 14.4 Å². The van der Waals surface area contributed by atoms with Crippen molar-refractivity contribution in [3.63, 3.8) is 0 Å². The van der Waals surface area contributed by atoms with Crippen LogP contribution in [0.2, 0.25) is 5.02 Å². The smallest absolute Gasteiger partial charge is 0.240 e. The molecule has 2 aromatic rings. The van der Waals surface area contributed by atoms with E-state index in [1.165, 1.54) is 0 Å². The zero-order valence-electron chi connectivity index (χ0n) is 16.8. The minimum Gasteiger partial charge on any atom is -0.353 e. The molecule has 0 unspecified atom stereocenters. The van der Waals surface area contributed by atoms with Gasteiger partial charge in [-0.2, -0.15) is 0 Å². The van der Waals surface area contributed by atoms with Crippen molar-refractivity contribution in [2.24, 2.45) is 0 Å². The number of aryl methyl sites for hydroxylation is 1. The molecule has 160 valence electrons. The Morgan fingerprint density at radius 3 is 2.53 bits per heavy atom. The summed E-state index contributed by atoms with van der Waals surface area (Å²) >= 11 is 7.96. The SMILES string of the molecule is Cc1ccc(Cl)c2sc(N3CCN(CCNC(=O)CN4C(=O)CCC4=O)CC3)nc12. The predicted octanol–water partition coefficient (Wildman–Crippen LogP) is 1.65. The van der Waals surface area contributed by atoms with Gasteiger partial charge in [0.2, 0.25) is 17.7 Å². The summed E-state index contributed by atoms with van der Waals surface area (Å²) in [5.74, 6) is -0.825. The lowest BCUT2D eigenvalue weighted by Gasteiger charge is -2.34. The highest BCUT2D eigenvalue weighted by Crippen LogP contribution is 2.35. The molecule has 2 fully saturated rings. The Bertz CT molecular complexity index is 931. The van der Waals surface area contributed by atoms with E-state index in [0.29, 0.717) is 6.54 Å². The Kier molecular flexibility index (Phi) is 6.21. The number of carbonyl (C=O) groups is 3. The van der Waals surface area contributed by atoms with Crippen molar-refractivity contribution in [3.05, 3.63) is 22.7 Å². The number of nitrogens with zero attached hydrogens (tertiary/aromatic N) is 4. The third kappa shape index (κ3) is 4.43. The first-order valence-electron chi connectivity index (χ1n) is 10.0. The van der Waals surface area contributed by atoms with Crippen LogP contribution in [0.5, 0.6) is 0 Å². The molecule has 0 saturated carbocycles. The van der Waals surface area contributed by atoms with Crippen LogP contribution < -0.4 is 10.2 Å². The van der Waals surface area contributed by atoms with Gasteiger partial charge in [0, 0.05) is 52.1 Å². The number of benzene rings is 1. The van der Waals surface area contributed by atoms with Crippen molar-refractivity contribution in [2.45, 2.75) is 19.8 Å². The topological polar surface area (TPSA) is 85.9 Å². The molecule has 1 aromatic carbocycles. The molecule has 2 aliphatic rings. The van der Waals surface area contributed by atoms with Crippen molar-refractivity contribution >= 4 is 56.0 Å². The van der Waals surface area contributed by atoms with Crippen molar-refractivity contribution in [1.82, 2.24) is 20.1 Å². The zero-order valence-corrected chi connectivity index (χ0v) is 18.4. The summed E-state index contributed by atoms with van der Waals surface area (Å²) in [5.41, 5.74) is 2.10. The van der Waals surface area contributed by atoms with Gasteiger partial charge in [-0.3, -0.25) is 24.2 Å². The summed E-state index contributed by atoms with van der Waals surface area (Å²) < 4.78 is 1.03. The summed E-state index contributed by atoms with van der Waals surface area (Å²) in [4.78, 5) is 45.6. The van der Waals surface area contributed by atoms with E-state index in [1.54, 1.807) is 11.3 Å². The third-order valence-corrected chi connectivity index (χ3v) is 7.11. The second kappa shape index (κ2) is 8.87. The molecule has 3 amide bonds. The Morgan fingerprint density at radius 2 is 1.87 bits per heavy atom. The standard InChI is InChI=1S/C20H24ClN5O3S/c1-13-2-3-14(21)19-18(13)23-20(30-19)25-10-8-24(9-11-25)7-6-22-15(27)12-26-16(28)4-5-17(26)29/h2-3H,4-12H2,1H3,(H,22,27). The Labute approximate surface area is 183 Å². The van der Waals surface area contributed by atoms with E-state index < -0.39 is 0 Å². The van der Waals surface area contributed by atoms with Crippen LogP contribution in [-0.2, 0) is 14.4 Å². The van der Waals surface area contributed by atoms with E-state index >= 15 is 0 Å². The summed E-state index contributed by atoms with van der Waals surface area (Å²) in [6.45, 7) is 6.57. The molecule has 2 aliphatic heterocycles. The molecular weight excluding hydrogens is 426 g/mol. The van der Waals surface area contributed by atoms with Gasteiger partial charge in [-0.25, -0.2) is 4.98 Å². The highest BCUT2D eigenvalue weighted by Gasteiger charge is 2.30. The fourth-order valence-corrected chi connectivity index (χ4v) is 5.11. The van der Waals surface area contributed by atoms with Gasteiger partial charge < -0.3 is 10.2 Å². The highest BCUT2D eigenvalue weighted by molar-refractivity contribution is 7.22. The lowest BCUT2D eigenvalue weighted by atomic mass is 10.2. The van der Waals surface area contributed by atoms with Crippen LogP contribution in [0.3, 0.4) is 0 Å².